The van der Waals surface area contributed by atoms with Crippen molar-refractivity contribution < 1.29 is 9.59 Å². The second kappa shape index (κ2) is 7.92. The lowest BCUT2D eigenvalue weighted by atomic mass is 9.96. The third kappa shape index (κ3) is 4.07. The van der Waals surface area contributed by atoms with Crippen LogP contribution in [-0.4, -0.2) is 29.8 Å². The Morgan fingerprint density at radius 1 is 1.08 bits per heavy atom. The number of anilines is 1. The van der Waals surface area contributed by atoms with Crippen molar-refractivity contribution in [2.45, 2.75) is 26.7 Å². The fourth-order valence-electron chi connectivity index (χ4n) is 3.39. The molecule has 3 rings (SSSR count). The molecule has 0 aromatic heterocycles. The maximum atomic E-state index is 12.8. The van der Waals surface area contributed by atoms with Crippen molar-refractivity contribution in [3.05, 3.63) is 64.2 Å². The first-order chi connectivity index (χ1) is 12.5. The quantitative estimate of drug-likeness (QED) is 0.867. The Labute approximate surface area is 159 Å². The molecule has 0 spiro atoms. The third-order valence-corrected chi connectivity index (χ3v) is 5.15. The number of likely N-dealkylation sites (tertiary alicyclic amines) is 1. The molecular weight excluding hydrogens is 348 g/mol. The van der Waals surface area contributed by atoms with Gasteiger partial charge in [0.05, 0.1) is 5.92 Å². The summed E-state index contributed by atoms with van der Waals surface area (Å²) >= 11 is 5.89. The molecule has 1 saturated heterocycles. The van der Waals surface area contributed by atoms with Crippen LogP contribution >= 0.6 is 11.6 Å². The summed E-state index contributed by atoms with van der Waals surface area (Å²) in [5, 5.41) is 3.66. The second-order valence-corrected chi connectivity index (χ2v) is 7.29. The molecule has 0 radical (unpaired) electrons. The normalized spacial score (nSPS) is 17.0. The molecular formula is C21H23ClN2O2. The highest BCUT2D eigenvalue weighted by atomic mass is 35.5. The van der Waals surface area contributed by atoms with Crippen molar-refractivity contribution in [1.29, 1.82) is 0 Å². The Balaban J connectivity index is 1.69. The molecule has 2 aromatic rings. The number of para-hydroxylation sites is 1. The molecule has 1 fully saturated rings. The summed E-state index contributed by atoms with van der Waals surface area (Å²) in [6, 6.07) is 12.8. The van der Waals surface area contributed by atoms with Gasteiger partial charge in [0.15, 0.2) is 0 Å². The van der Waals surface area contributed by atoms with Crippen LogP contribution < -0.4 is 5.32 Å². The number of halogens is 1. The molecule has 1 aliphatic rings. The van der Waals surface area contributed by atoms with Gasteiger partial charge in [0.1, 0.15) is 0 Å². The highest BCUT2D eigenvalue weighted by molar-refractivity contribution is 6.30. The zero-order valence-corrected chi connectivity index (χ0v) is 15.8. The number of nitrogens with one attached hydrogen (secondary N) is 1. The molecule has 1 heterocycles. The lowest BCUT2D eigenvalue weighted by molar-refractivity contribution is -0.121. The minimum Gasteiger partial charge on any atom is -0.338 e. The summed E-state index contributed by atoms with van der Waals surface area (Å²) in [4.78, 5) is 27.2. The van der Waals surface area contributed by atoms with E-state index in [0.717, 1.165) is 29.7 Å². The number of carbonyl (C=O) groups is 2. The van der Waals surface area contributed by atoms with Gasteiger partial charge in [-0.25, -0.2) is 0 Å². The summed E-state index contributed by atoms with van der Waals surface area (Å²) in [5.74, 6) is -0.263. The van der Waals surface area contributed by atoms with Gasteiger partial charge < -0.3 is 10.2 Å². The Morgan fingerprint density at radius 2 is 1.73 bits per heavy atom. The first-order valence-electron chi connectivity index (χ1n) is 8.87. The van der Waals surface area contributed by atoms with Crippen LogP contribution in [0.5, 0.6) is 0 Å². The molecule has 0 saturated carbocycles. The molecule has 1 N–H and O–H groups in total. The van der Waals surface area contributed by atoms with Gasteiger partial charge in [-0.15, -0.1) is 0 Å². The number of hydrogen-bond acceptors (Lipinski definition) is 2. The van der Waals surface area contributed by atoms with E-state index in [0.29, 0.717) is 23.7 Å². The highest BCUT2D eigenvalue weighted by Gasteiger charge is 2.29. The monoisotopic (exact) mass is 370 g/mol. The number of amides is 2. The van der Waals surface area contributed by atoms with E-state index in [1.165, 1.54) is 0 Å². The van der Waals surface area contributed by atoms with E-state index < -0.39 is 0 Å². The Kier molecular flexibility index (Phi) is 5.62. The van der Waals surface area contributed by atoms with Crippen molar-refractivity contribution in [1.82, 2.24) is 4.90 Å². The van der Waals surface area contributed by atoms with Crippen LogP contribution in [0.2, 0.25) is 5.02 Å². The maximum Gasteiger partial charge on any atom is 0.253 e. The number of piperidine rings is 1. The van der Waals surface area contributed by atoms with E-state index >= 15 is 0 Å². The largest absolute Gasteiger partial charge is 0.338 e. The number of aryl methyl sites for hydroxylation is 2. The van der Waals surface area contributed by atoms with Gasteiger partial charge in [-0.05, 0) is 62.1 Å². The summed E-state index contributed by atoms with van der Waals surface area (Å²) in [7, 11) is 0. The molecule has 1 aliphatic heterocycles. The van der Waals surface area contributed by atoms with Gasteiger partial charge in [0.25, 0.3) is 5.91 Å². The van der Waals surface area contributed by atoms with E-state index in [4.69, 9.17) is 11.6 Å². The number of hydrogen-bond donors (Lipinski definition) is 1. The van der Waals surface area contributed by atoms with E-state index in [-0.39, 0.29) is 17.7 Å². The van der Waals surface area contributed by atoms with Gasteiger partial charge in [0, 0.05) is 29.4 Å². The summed E-state index contributed by atoms with van der Waals surface area (Å²) in [6.45, 7) is 5.09. The van der Waals surface area contributed by atoms with Gasteiger partial charge in [-0.3, -0.25) is 9.59 Å². The average molecular weight is 371 g/mol. The molecule has 2 aromatic carbocycles. The number of rotatable bonds is 3. The van der Waals surface area contributed by atoms with Gasteiger partial charge in [0.2, 0.25) is 5.91 Å². The standard InChI is InChI=1S/C21H23ClN2O2/c1-14-5-3-6-15(2)19(14)23-20(25)17-7-4-12-24(13-17)21(26)16-8-10-18(22)11-9-16/h3,5-6,8-11,17H,4,7,12-13H2,1-2H3,(H,23,25). The Bertz CT molecular complexity index is 797. The number of benzene rings is 2. The molecule has 0 bridgehead atoms. The number of carbonyl (C=O) groups excluding carboxylic acids is 2. The predicted octanol–water partition coefficient (Wildman–Crippen LogP) is 4.45. The first-order valence-corrected chi connectivity index (χ1v) is 9.25. The minimum atomic E-state index is -0.195. The van der Waals surface area contributed by atoms with Gasteiger partial charge in [-0.1, -0.05) is 29.8 Å². The molecule has 4 nitrogen and oxygen atoms in total. The maximum absolute atomic E-state index is 12.8. The van der Waals surface area contributed by atoms with Crippen LogP contribution in [0.1, 0.15) is 34.3 Å². The van der Waals surface area contributed by atoms with E-state index in [1.807, 2.05) is 32.0 Å². The van der Waals surface area contributed by atoms with Crippen LogP contribution in [0.15, 0.2) is 42.5 Å². The smallest absolute Gasteiger partial charge is 0.253 e. The zero-order valence-electron chi connectivity index (χ0n) is 15.1. The van der Waals surface area contributed by atoms with Crippen LogP contribution in [0.25, 0.3) is 0 Å². The lowest BCUT2D eigenvalue weighted by Crippen LogP contribution is -2.43. The topological polar surface area (TPSA) is 49.4 Å². The molecule has 1 atom stereocenters. The van der Waals surface area contributed by atoms with E-state index in [2.05, 4.69) is 5.32 Å². The van der Waals surface area contributed by atoms with Gasteiger partial charge >= 0.3 is 0 Å². The molecule has 5 heteroatoms. The lowest BCUT2D eigenvalue weighted by Gasteiger charge is -2.32. The van der Waals surface area contributed by atoms with Crippen molar-refractivity contribution in [3.63, 3.8) is 0 Å². The summed E-state index contributed by atoms with van der Waals surface area (Å²) < 4.78 is 0. The predicted molar refractivity (Wildman–Crippen MR) is 105 cm³/mol. The van der Waals surface area contributed by atoms with Gasteiger partial charge in [-0.2, -0.15) is 0 Å². The molecule has 1 unspecified atom stereocenters. The van der Waals surface area contributed by atoms with Crippen LogP contribution in [0.4, 0.5) is 5.69 Å². The highest BCUT2D eigenvalue weighted by Crippen LogP contribution is 2.24. The van der Waals surface area contributed by atoms with E-state index in [9.17, 15) is 9.59 Å². The fraction of sp³-hybridized carbons (Fsp3) is 0.333. The van der Waals surface area contributed by atoms with Crippen LogP contribution in [0, 0.1) is 19.8 Å². The minimum absolute atomic E-state index is 0.0176. The first kappa shape index (κ1) is 18.5. The Hall–Kier alpha value is -2.33. The van der Waals surface area contributed by atoms with Crippen molar-refractivity contribution >= 4 is 29.1 Å². The zero-order chi connectivity index (χ0) is 18.7. The van der Waals surface area contributed by atoms with Crippen LogP contribution in [-0.2, 0) is 4.79 Å². The average Bonchev–Trinajstić information content (AvgIpc) is 2.65. The summed E-state index contributed by atoms with van der Waals surface area (Å²) in [5.41, 5.74) is 3.57. The molecule has 136 valence electrons. The van der Waals surface area contributed by atoms with Crippen molar-refractivity contribution in [3.8, 4) is 0 Å². The second-order valence-electron chi connectivity index (χ2n) is 6.85. The SMILES string of the molecule is Cc1cccc(C)c1NC(=O)C1CCCN(C(=O)c2ccc(Cl)cc2)C1. The van der Waals surface area contributed by atoms with Crippen molar-refractivity contribution in [2.75, 3.05) is 18.4 Å². The summed E-state index contributed by atoms with van der Waals surface area (Å²) in [6.07, 6.45) is 1.62. The fourth-order valence-corrected chi connectivity index (χ4v) is 3.51. The molecule has 26 heavy (non-hydrogen) atoms. The Morgan fingerprint density at radius 3 is 2.38 bits per heavy atom. The van der Waals surface area contributed by atoms with Crippen LogP contribution in [0.3, 0.4) is 0 Å². The third-order valence-electron chi connectivity index (χ3n) is 4.90. The van der Waals surface area contributed by atoms with Crippen molar-refractivity contribution in [2.24, 2.45) is 5.92 Å². The molecule has 0 aliphatic carbocycles. The van der Waals surface area contributed by atoms with E-state index in [1.54, 1.807) is 29.2 Å². The number of nitrogens with zero attached hydrogens (tertiary/aromatic N) is 1. The molecule has 2 amide bonds.